The van der Waals surface area contributed by atoms with Crippen molar-refractivity contribution in [2.45, 2.75) is 46.0 Å². The van der Waals surface area contributed by atoms with Crippen molar-refractivity contribution < 1.29 is 8.42 Å². The number of anilines is 1. The Kier molecular flexibility index (Phi) is 5.85. The van der Waals surface area contributed by atoms with Gasteiger partial charge in [-0.05, 0) is 63.9 Å². The fraction of sp³-hybridized carbons (Fsp3) is 0.259. The predicted octanol–water partition coefficient (Wildman–Crippen LogP) is 6.33. The van der Waals surface area contributed by atoms with Crippen LogP contribution in [0.4, 0.5) is 5.69 Å². The Morgan fingerprint density at radius 1 is 0.879 bits per heavy atom. The monoisotopic (exact) mass is 461 g/mol. The molecule has 3 aromatic carbocycles. The summed E-state index contributed by atoms with van der Waals surface area (Å²) >= 11 is 0. The summed E-state index contributed by atoms with van der Waals surface area (Å²) in [6, 6.07) is 22.6. The van der Waals surface area contributed by atoms with E-state index in [2.05, 4.69) is 92.6 Å². The van der Waals surface area contributed by atoms with Crippen molar-refractivity contribution in [3.8, 4) is 16.8 Å². The van der Waals surface area contributed by atoms with Crippen molar-refractivity contribution in [1.29, 1.82) is 0 Å². The normalized spacial score (nSPS) is 12.5. The average molecular weight is 462 g/mol. The minimum Gasteiger partial charge on any atom is -0.316 e. The molecule has 5 nitrogen and oxygen atoms in total. The summed E-state index contributed by atoms with van der Waals surface area (Å²) in [5.41, 5.74) is 7.53. The number of fused-ring (bicyclic) bond motifs is 1. The number of aromatic nitrogens is 1. The fourth-order valence-corrected chi connectivity index (χ4v) is 4.59. The summed E-state index contributed by atoms with van der Waals surface area (Å²) in [5.74, 6) is 0.369. The Hall–Kier alpha value is -3.09. The number of rotatable bonds is 5. The van der Waals surface area contributed by atoms with Crippen molar-refractivity contribution in [3.05, 3.63) is 84.1 Å². The highest BCUT2D eigenvalue weighted by Gasteiger charge is 2.16. The number of benzene rings is 3. The largest absolute Gasteiger partial charge is 0.316 e. The molecular formula is C27H31N3O2S. The van der Waals surface area contributed by atoms with Gasteiger partial charge in [-0.3, -0.25) is 4.72 Å². The summed E-state index contributed by atoms with van der Waals surface area (Å²) in [6.45, 7) is 11.0. The predicted molar refractivity (Wildman–Crippen MR) is 138 cm³/mol. The van der Waals surface area contributed by atoms with Crippen LogP contribution in [0.3, 0.4) is 0 Å². The first kappa shape index (κ1) is 23.1. The van der Waals surface area contributed by atoms with Gasteiger partial charge in [-0.2, -0.15) is 8.42 Å². The third-order valence-corrected chi connectivity index (χ3v) is 6.47. The third-order valence-electron chi connectivity index (χ3n) is 5.95. The van der Waals surface area contributed by atoms with Gasteiger partial charge in [0, 0.05) is 23.0 Å². The molecule has 0 saturated carbocycles. The Morgan fingerprint density at radius 2 is 1.48 bits per heavy atom. The van der Waals surface area contributed by atoms with Crippen molar-refractivity contribution in [3.63, 3.8) is 0 Å². The number of hydrogen-bond acceptors (Lipinski definition) is 2. The Bertz CT molecular complexity index is 1390. The molecule has 0 aliphatic carbocycles. The van der Waals surface area contributed by atoms with E-state index >= 15 is 0 Å². The van der Waals surface area contributed by atoms with Crippen LogP contribution in [-0.4, -0.2) is 13.0 Å². The fourth-order valence-electron chi connectivity index (χ4n) is 4.12. The second-order valence-electron chi connectivity index (χ2n) is 9.86. The van der Waals surface area contributed by atoms with Gasteiger partial charge in [0.05, 0.1) is 5.52 Å². The molecule has 0 unspecified atom stereocenters. The Morgan fingerprint density at radius 3 is 2.03 bits per heavy atom. The summed E-state index contributed by atoms with van der Waals surface area (Å²) < 4.78 is 27.1. The average Bonchev–Trinajstić information content (AvgIpc) is 3.12. The summed E-state index contributed by atoms with van der Waals surface area (Å²) in [5, 5.41) is 6.30. The first-order chi connectivity index (χ1) is 15.4. The highest BCUT2D eigenvalue weighted by molar-refractivity contribution is 7.90. The second-order valence-corrected chi connectivity index (χ2v) is 11.2. The number of hydrogen-bond donors (Lipinski definition) is 2. The van der Waals surface area contributed by atoms with E-state index in [1.807, 2.05) is 12.1 Å². The summed E-state index contributed by atoms with van der Waals surface area (Å²) in [6.07, 6.45) is 2.17. The van der Waals surface area contributed by atoms with E-state index in [9.17, 15) is 8.42 Å². The summed E-state index contributed by atoms with van der Waals surface area (Å²) in [4.78, 5) is 0. The van der Waals surface area contributed by atoms with Gasteiger partial charge >= 0.3 is 0 Å². The van der Waals surface area contributed by atoms with Crippen LogP contribution < -0.4 is 9.86 Å². The van der Waals surface area contributed by atoms with Crippen LogP contribution in [0.1, 0.15) is 51.7 Å². The minimum atomic E-state index is -3.80. The number of nitrogens with two attached hydrogens (primary N) is 1. The molecule has 0 amide bonds. The van der Waals surface area contributed by atoms with Gasteiger partial charge in [0.1, 0.15) is 0 Å². The Labute approximate surface area is 196 Å². The van der Waals surface area contributed by atoms with E-state index in [1.54, 1.807) is 12.1 Å². The molecule has 6 heteroatoms. The Balaban J connectivity index is 1.80. The topological polar surface area (TPSA) is 77.1 Å². The van der Waals surface area contributed by atoms with E-state index in [4.69, 9.17) is 5.14 Å². The molecule has 4 rings (SSSR count). The molecule has 0 atom stereocenters. The zero-order chi connectivity index (χ0) is 24.0. The first-order valence-electron chi connectivity index (χ1n) is 11.1. The van der Waals surface area contributed by atoms with Gasteiger partial charge in [0.15, 0.2) is 0 Å². The van der Waals surface area contributed by atoms with Crippen molar-refractivity contribution in [1.82, 2.24) is 4.57 Å². The molecule has 4 aromatic rings. The molecule has 0 radical (unpaired) electrons. The van der Waals surface area contributed by atoms with Crippen molar-refractivity contribution >= 4 is 26.8 Å². The van der Waals surface area contributed by atoms with Crippen molar-refractivity contribution in [2.75, 3.05) is 4.72 Å². The maximum absolute atomic E-state index is 11.3. The summed E-state index contributed by atoms with van der Waals surface area (Å²) in [7, 11) is -3.80. The van der Waals surface area contributed by atoms with Gasteiger partial charge in [-0.15, -0.1) is 0 Å². The molecule has 1 aromatic heterocycles. The van der Waals surface area contributed by atoms with Gasteiger partial charge in [0.25, 0.3) is 10.2 Å². The lowest BCUT2D eigenvalue weighted by Crippen LogP contribution is -2.21. The van der Waals surface area contributed by atoms with Crippen LogP contribution in [-0.2, 0) is 15.6 Å². The zero-order valence-corrected chi connectivity index (χ0v) is 20.6. The van der Waals surface area contributed by atoms with Crippen LogP contribution in [0, 0.1) is 0 Å². The molecule has 0 saturated heterocycles. The molecule has 0 bridgehead atoms. The second kappa shape index (κ2) is 8.36. The van der Waals surface area contributed by atoms with E-state index in [1.165, 1.54) is 22.1 Å². The van der Waals surface area contributed by atoms with Crippen LogP contribution in [0.25, 0.3) is 27.7 Å². The van der Waals surface area contributed by atoms with Crippen LogP contribution in [0.5, 0.6) is 0 Å². The quantitative estimate of drug-likeness (QED) is 0.364. The van der Waals surface area contributed by atoms with Gasteiger partial charge in [0.2, 0.25) is 0 Å². The van der Waals surface area contributed by atoms with E-state index in [0.29, 0.717) is 11.6 Å². The van der Waals surface area contributed by atoms with Gasteiger partial charge < -0.3 is 4.57 Å². The molecule has 1 heterocycles. The maximum atomic E-state index is 11.3. The molecule has 0 aliphatic rings. The van der Waals surface area contributed by atoms with E-state index < -0.39 is 10.2 Å². The first-order valence-corrected chi connectivity index (χ1v) is 12.6. The lowest BCUT2D eigenvalue weighted by atomic mass is 9.86. The highest BCUT2D eigenvalue weighted by atomic mass is 32.2. The molecule has 33 heavy (non-hydrogen) atoms. The number of nitrogens with zero attached hydrogens (tertiary/aromatic N) is 1. The maximum Gasteiger partial charge on any atom is 0.296 e. The highest BCUT2D eigenvalue weighted by Crippen LogP contribution is 2.34. The minimum absolute atomic E-state index is 0.119. The molecule has 0 fully saturated rings. The number of nitrogens with one attached hydrogen (secondary N) is 1. The molecule has 0 spiro atoms. The van der Waals surface area contributed by atoms with E-state index in [0.717, 1.165) is 16.8 Å². The van der Waals surface area contributed by atoms with E-state index in [-0.39, 0.29) is 5.41 Å². The molecule has 3 N–H and O–H groups in total. The zero-order valence-electron chi connectivity index (χ0n) is 19.8. The third kappa shape index (κ3) is 4.97. The van der Waals surface area contributed by atoms with Gasteiger partial charge in [-0.1, -0.05) is 71.0 Å². The van der Waals surface area contributed by atoms with Crippen LogP contribution >= 0.6 is 0 Å². The lowest BCUT2D eigenvalue weighted by Gasteiger charge is -2.19. The van der Waals surface area contributed by atoms with Crippen molar-refractivity contribution in [2.24, 2.45) is 5.14 Å². The van der Waals surface area contributed by atoms with Gasteiger partial charge in [-0.25, -0.2) is 5.14 Å². The molecular weight excluding hydrogens is 430 g/mol. The SMILES string of the molecule is CC(C)c1cn(-c2ccc(NS(N)(=O)=O)cc2)c2cc(-c3ccc(C(C)(C)C)cc3)ccc12. The van der Waals surface area contributed by atoms with Crippen LogP contribution in [0.15, 0.2) is 72.9 Å². The smallest absolute Gasteiger partial charge is 0.296 e. The van der Waals surface area contributed by atoms with Crippen LogP contribution in [0.2, 0.25) is 0 Å². The molecule has 0 aliphatic heterocycles. The standard InChI is InChI=1S/C27H31N3O2S/c1-18(2)25-17-30(23-13-11-22(12-14-23)29-33(28,31)32)26-16-20(8-15-24(25)26)19-6-9-21(10-7-19)27(3,4)5/h6-18,29H,1-5H3,(H2,28,31,32). The lowest BCUT2D eigenvalue weighted by molar-refractivity contribution is 0.590. The molecule has 172 valence electrons.